The molecule has 0 saturated heterocycles. The van der Waals surface area contributed by atoms with Crippen molar-refractivity contribution >= 4 is 24.3 Å². The fourth-order valence-corrected chi connectivity index (χ4v) is 1.96. The number of hydrogen-bond acceptors (Lipinski definition) is 6. The fourth-order valence-electron chi connectivity index (χ4n) is 1.96. The third-order valence-corrected chi connectivity index (χ3v) is 3.11. The number of imidazole rings is 2. The molecule has 126 valence electrons. The molecular formula is C13H19ClN6O3. The smallest absolute Gasteiger partial charge is 0.328 e. The summed E-state index contributed by atoms with van der Waals surface area (Å²) in [6.07, 6.45) is 6.71. The molecule has 0 aliphatic rings. The molecule has 9 nitrogen and oxygen atoms in total. The Morgan fingerprint density at radius 2 is 1.78 bits per heavy atom. The van der Waals surface area contributed by atoms with Crippen LogP contribution in [0.2, 0.25) is 0 Å². The van der Waals surface area contributed by atoms with E-state index < -0.39 is 24.0 Å². The Hall–Kier alpha value is -2.39. The predicted molar refractivity (Wildman–Crippen MR) is 83.8 cm³/mol. The number of H-pyrrole nitrogens is 2. The first-order chi connectivity index (χ1) is 10.6. The molecule has 0 spiro atoms. The zero-order valence-electron chi connectivity index (χ0n) is 12.5. The molecule has 0 bridgehead atoms. The lowest BCUT2D eigenvalue weighted by molar-refractivity contribution is -0.145. The van der Waals surface area contributed by atoms with E-state index in [0.717, 1.165) is 5.69 Å². The molecule has 10 heteroatoms. The molecule has 2 unspecified atom stereocenters. The number of ether oxygens (including phenoxy) is 1. The van der Waals surface area contributed by atoms with Crippen molar-refractivity contribution < 1.29 is 14.3 Å². The van der Waals surface area contributed by atoms with Gasteiger partial charge >= 0.3 is 5.97 Å². The number of halogens is 1. The molecule has 23 heavy (non-hydrogen) atoms. The highest BCUT2D eigenvalue weighted by Gasteiger charge is 2.25. The minimum atomic E-state index is -0.828. The van der Waals surface area contributed by atoms with Crippen molar-refractivity contribution in [1.29, 1.82) is 0 Å². The summed E-state index contributed by atoms with van der Waals surface area (Å²) < 4.78 is 4.70. The number of rotatable bonds is 7. The van der Waals surface area contributed by atoms with Crippen LogP contribution in [0.4, 0.5) is 0 Å². The van der Waals surface area contributed by atoms with E-state index in [2.05, 4.69) is 25.3 Å². The van der Waals surface area contributed by atoms with Crippen LogP contribution in [0.5, 0.6) is 0 Å². The minimum Gasteiger partial charge on any atom is -0.467 e. The van der Waals surface area contributed by atoms with Crippen LogP contribution in [0.15, 0.2) is 25.0 Å². The largest absolute Gasteiger partial charge is 0.467 e. The number of nitrogens with two attached hydrogens (primary N) is 1. The maximum atomic E-state index is 12.1. The Bertz CT molecular complexity index is 601. The Kier molecular flexibility index (Phi) is 7.23. The monoisotopic (exact) mass is 342 g/mol. The molecule has 2 rings (SSSR count). The molecule has 0 aromatic carbocycles. The highest BCUT2D eigenvalue weighted by atomic mass is 35.5. The number of methoxy groups -OCH3 is 1. The van der Waals surface area contributed by atoms with Crippen LogP contribution < -0.4 is 11.1 Å². The van der Waals surface area contributed by atoms with E-state index in [1.54, 1.807) is 12.4 Å². The molecule has 0 radical (unpaired) electrons. The molecule has 2 atom stereocenters. The van der Waals surface area contributed by atoms with E-state index in [4.69, 9.17) is 10.5 Å². The maximum absolute atomic E-state index is 12.1. The highest BCUT2D eigenvalue weighted by molar-refractivity contribution is 5.87. The van der Waals surface area contributed by atoms with Gasteiger partial charge in [0.1, 0.15) is 6.04 Å². The molecule has 0 aliphatic heterocycles. The summed E-state index contributed by atoms with van der Waals surface area (Å²) in [5.41, 5.74) is 7.29. The summed E-state index contributed by atoms with van der Waals surface area (Å²) in [4.78, 5) is 37.4. The van der Waals surface area contributed by atoms with Gasteiger partial charge in [-0.25, -0.2) is 14.8 Å². The molecule has 1 amide bonds. The quantitative estimate of drug-likeness (QED) is 0.492. The van der Waals surface area contributed by atoms with Gasteiger partial charge in [0.05, 0.1) is 25.8 Å². The predicted octanol–water partition coefficient (Wildman–Crippen LogP) is -0.675. The number of aromatic amines is 2. The highest BCUT2D eigenvalue weighted by Crippen LogP contribution is 2.02. The van der Waals surface area contributed by atoms with Crippen molar-refractivity contribution in [3.63, 3.8) is 0 Å². The van der Waals surface area contributed by atoms with Gasteiger partial charge in [-0.1, -0.05) is 0 Å². The van der Waals surface area contributed by atoms with Gasteiger partial charge in [0.2, 0.25) is 5.91 Å². The molecule has 0 saturated carbocycles. The number of aromatic nitrogens is 4. The summed E-state index contributed by atoms with van der Waals surface area (Å²) in [5, 5.41) is 2.60. The molecule has 5 N–H and O–H groups in total. The molecule has 0 fully saturated rings. The van der Waals surface area contributed by atoms with Crippen molar-refractivity contribution in [3.05, 3.63) is 36.4 Å². The second kappa shape index (κ2) is 8.91. The van der Waals surface area contributed by atoms with Crippen LogP contribution >= 0.6 is 12.4 Å². The van der Waals surface area contributed by atoms with E-state index >= 15 is 0 Å². The first kappa shape index (κ1) is 18.7. The average Bonchev–Trinajstić information content (AvgIpc) is 3.19. The van der Waals surface area contributed by atoms with Crippen LogP contribution in [0, 0.1) is 0 Å². The summed E-state index contributed by atoms with van der Waals surface area (Å²) in [6, 6.07) is -1.62. The number of carbonyl (C=O) groups is 2. The van der Waals surface area contributed by atoms with Crippen LogP contribution in [0.3, 0.4) is 0 Å². The van der Waals surface area contributed by atoms with E-state index in [9.17, 15) is 9.59 Å². The van der Waals surface area contributed by atoms with Crippen molar-refractivity contribution in [2.75, 3.05) is 7.11 Å². The van der Waals surface area contributed by atoms with Crippen LogP contribution in [-0.2, 0) is 27.2 Å². The summed E-state index contributed by atoms with van der Waals surface area (Å²) in [5.74, 6) is -0.985. The number of carbonyl (C=O) groups excluding carboxylic acids is 2. The Labute approximate surface area is 138 Å². The topological polar surface area (TPSA) is 139 Å². The van der Waals surface area contributed by atoms with Gasteiger partial charge in [-0.3, -0.25) is 4.79 Å². The van der Waals surface area contributed by atoms with Gasteiger partial charge < -0.3 is 25.8 Å². The van der Waals surface area contributed by atoms with Crippen molar-refractivity contribution in [2.45, 2.75) is 24.9 Å². The van der Waals surface area contributed by atoms with Crippen LogP contribution in [-0.4, -0.2) is 51.0 Å². The van der Waals surface area contributed by atoms with Gasteiger partial charge in [0.25, 0.3) is 0 Å². The summed E-state index contributed by atoms with van der Waals surface area (Å²) >= 11 is 0. The first-order valence-corrected chi connectivity index (χ1v) is 6.68. The molecule has 2 aromatic heterocycles. The lowest BCUT2D eigenvalue weighted by atomic mass is 10.1. The zero-order chi connectivity index (χ0) is 15.9. The normalized spacial score (nSPS) is 12.8. The van der Waals surface area contributed by atoms with Gasteiger partial charge in [-0.15, -0.1) is 12.4 Å². The lowest BCUT2D eigenvalue weighted by Crippen LogP contribution is -2.50. The third-order valence-electron chi connectivity index (χ3n) is 3.11. The van der Waals surface area contributed by atoms with E-state index in [1.165, 1.54) is 19.8 Å². The number of amides is 1. The summed E-state index contributed by atoms with van der Waals surface area (Å²) in [7, 11) is 1.26. The van der Waals surface area contributed by atoms with E-state index in [-0.39, 0.29) is 18.8 Å². The van der Waals surface area contributed by atoms with E-state index in [0.29, 0.717) is 12.1 Å². The lowest BCUT2D eigenvalue weighted by Gasteiger charge is -2.18. The Morgan fingerprint density at radius 3 is 2.26 bits per heavy atom. The first-order valence-electron chi connectivity index (χ1n) is 6.68. The Morgan fingerprint density at radius 1 is 1.22 bits per heavy atom. The third kappa shape index (κ3) is 5.38. The SMILES string of the molecule is COC(=O)C(Cc1cnc[nH]1)NC(=O)C(N)Cc1cnc[nH]1.Cl. The minimum absolute atomic E-state index is 0. The summed E-state index contributed by atoms with van der Waals surface area (Å²) in [6.45, 7) is 0. The number of esters is 1. The maximum Gasteiger partial charge on any atom is 0.328 e. The number of nitrogens with one attached hydrogen (secondary N) is 3. The van der Waals surface area contributed by atoms with Crippen molar-refractivity contribution in [2.24, 2.45) is 5.73 Å². The van der Waals surface area contributed by atoms with Gasteiger partial charge in [0, 0.05) is 36.6 Å². The Balaban J connectivity index is 0.00000264. The molecular weight excluding hydrogens is 324 g/mol. The van der Waals surface area contributed by atoms with Gasteiger partial charge in [0.15, 0.2) is 0 Å². The van der Waals surface area contributed by atoms with E-state index in [1.807, 2.05) is 0 Å². The molecule has 0 aliphatic carbocycles. The standard InChI is InChI=1S/C13H18N6O3.ClH/c1-22-13(21)11(3-9-5-16-7-18-9)19-12(20)10(14)2-8-4-15-6-17-8;/h4-7,10-11H,2-3,14H2,1H3,(H,15,17)(H,16,18)(H,19,20);1H. The van der Waals surface area contributed by atoms with Crippen molar-refractivity contribution in [1.82, 2.24) is 25.3 Å². The van der Waals surface area contributed by atoms with Gasteiger partial charge in [-0.05, 0) is 0 Å². The number of nitrogens with zero attached hydrogens (tertiary/aromatic N) is 2. The van der Waals surface area contributed by atoms with Gasteiger partial charge in [-0.2, -0.15) is 0 Å². The van der Waals surface area contributed by atoms with Crippen molar-refractivity contribution in [3.8, 4) is 0 Å². The zero-order valence-corrected chi connectivity index (χ0v) is 13.3. The average molecular weight is 343 g/mol. The second-order valence-electron chi connectivity index (χ2n) is 4.75. The fraction of sp³-hybridized carbons (Fsp3) is 0.385. The number of hydrogen-bond donors (Lipinski definition) is 4. The molecule has 2 heterocycles. The second-order valence-corrected chi connectivity index (χ2v) is 4.75. The van der Waals surface area contributed by atoms with Crippen LogP contribution in [0.25, 0.3) is 0 Å². The van der Waals surface area contributed by atoms with Crippen LogP contribution in [0.1, 0.15) is 11.4 Å². The molecule has 2 aromatic rings.